The zero-order valence-corrected chi connectivity index (χ0v) is 15.2. The third kappa shape index (κ3) is 1.97. The van der Waals surface area contributed by atoms with E-state index in [9.17, 15) is 4.79 Å². The number of allylic oxidation sites excluding steroid dienone is 6. The zero-order valence-electron chi connectivity index (χ0n) is 15.2. The molecule has 0 aliphatic heterocycles. The maximum absolute atomic E-state index is 13.4. The average molecular weight is 318 g/mol. The Hall–Kier alpha value is -1.89. The number of fused-ring (bicyclic) bond motifs is 2. The van der Waals surface area contributed by atoms with Crippen LogP contribution in [0.5, 0.6) is 0 Å². The third-order valence-electron chi connectivity index (χ3n) is 6.80. The van der Waals surface area contributed by atoms with Crippen molar-refractivity contribution in [1.29, 1.82) is 0 Å². The van der Waals surface area contributed by atoms with Gasteiger partial charge in [0.2, 0.25) is 0 Å². The highest BCUT2D eigenvalue weighted by Gasteiger charge is 2.55. The van der Waals surface area contributed by atoms with E-state index in [-0.39, 0.29) is 11.3 Å². The van der Waals surface area contributed by atoms with Crippen LogP contribution < -0.4 is 0 Å². The molecule has 24 heavy (non-hydrogen) atoms. The lowest BCUT2D eigenvalue weighted by molar-refractivity contribution is -0.119. The van der Waals surface area contributed by atoms with E-state index in [2.05, 4.69) is 58.0 Å². The van der Waals surface area contributed by atoms with Gasteiger partial charge in [0, 0.05) is 11.3 Å². The predicted octanol–water partition coefficient (Wildman–Crippen LogP) is 5.68. The number of carbonyl (C=O) groups excluding carboxylic acids is 1. The largest absolute Gasteiger partial charge is 0.294 e. The smallest absolute Gasteiger partial charge is 0.163 e. The van der Waals surface area contributed by atoms with Gasteiger partial charge in [0.1, 0.15) is 0 Å². The van der Waals surface area contributed by atoms with Crippen LogP contribution in [0.2, 0.25) is 0 Å². The quantitative estimate of drug-likeness (QED) is 0.609. The van der Waals surface area contributed by atoms with Crippen molar-refractivity contribution in [1.82, 2.24) is 0 Å². The van der Waals surface area contributed by atoms with Gasteiger partial charge in [0.15, 0.2) is 5.78 Å². The molecule has 0 spiro atoms. The van der Waals surface area contributed by atoms with Gasteiger partial charge in [0.05, 0.1) is 0 Å². The van der Waals surface area contributed by atoms with E-state index in [0.717, 1.165) is 31.3 Å². The molecule has 124 valence electrons. The maximum Gasteiger partial charge on any atom is 0.163 e. The van der Waals surface area contributed by atoms with Gasteiger partial charge in [-0.1, -0.05) is 52.6 Å². The lowest BCUT2D eigenvalue weighted by Gasteiger charge is -2.43. The van der Waals surface area contributed by atoms with Gasteiger partial charge in [0.25, 0.3) is 0 Å². The molecule has 3 aliphatic rings. The fourth-order valence-electron chi connectivity index (χ4n) is 5.11. The van der Waals surface area contributed by atoms with Crippen molar-refractivity contribution in [3.05, 3.63) is 69.3 Å². The summed E-state index contributed by atoms with van der Waals surface area (Å²) in [5, 5.41) is 0. The summed E-state index contributed by atoms with van der Waals surface area (Å²) in [6.07, 6.45) is 3.77. The van der Waals surface area contributed by atoms with Crippen LogP contribution in [-0.2, 0) is 10.2 Å². The minimum absolute atomic E-state index is 0.0980. The van der Waals surface area contributed by atoms with Gasteiger partial charge in [-0.15, -0.1) is 0 Å². The summed E-state index contributed by atoms with van der Waals surface area (Å²) in [7, 11) is 0. The van der Waals surface area contributed by atoms with Crippen LogP contribution in [0.25, 0.3) is 0 Å². The number of hydrogen-bond donors (Lipinski definition) is 0. The molecule has 0 N–H and O–H groups in total. The van der Waals surface area contributed by atoms with Crippen LogP contribution in [0.1, 0.15) is 58.9 Å². The van der Waals surface area contributed by atoms with Gasteiger partial charge in [-0.25, -0.2) is 0 Å². The molecule has 0 aromatic heterocycles. The molecular formula is C23H26O. The summed E-state index contributed by atoms with van der Waals surface area (Å²) in [5.74, 6) is 0.528. The zero-order chi connectivity index (χ0) is 17.1. The van der Waals surface area contributed by atoms with E-state index >= 15 is 0 Å². The summed E-state index contributed by atoms with van der Waals surface area (Å²) in [6, 6.07) is 10.8. The molecule has 2 atom stereocenters. The van der Waals surface area contributed by atoms with Crippen LogP contribution in [-0.4, -0.2) is 5.78 Å². The maximum atomic E-state index is 13.4. The van der Waals surface area contributed by atoms with E-state index in [4.69, 9.17) is 0 Å². The first-order valence-corrected chi connectivity index (χ1v) is 9.08. The van der Waals surface area contributed by atoms with Crippen molar-refractivity contribution >= 4 is 5.78 Å². The monoisotopic (exact) mass is 318 g/mol. The average Bonchev–Trinajstić information content (AvgIpc) is 2.80. The predicted molar refractivity (Wildman–Crippen MR) is 98.9 cm³/mol. The van der Waals surface area contributed by atoms with E-state index in [0.29, 0.717) is 5.78 Å². The second-order valence-corrected chi connectivity index (χ2v) is 8.07. The van der Waals surface area contributed by atoms with Gasteiger partial charge < -0.3 is 0 Å². The Morgan fingerprint density at radius 2 is 1.54 bits per heavy atom. The molecule has 0 saturated carbocycles. The lowest BCUT2D eigenvalue weighted by Crippen LogP contribution is -2.39. The number of Topliss-reactive ketones (excluding diaryl/α,β-unsaturated/α-hetero) is 1. The molecule has 0 fully saturated rings. The number of ketones is 1. The molecule has 0 saturated heterocycles. The SMILES string of the molecule is CC1=C(C)CC2=C(C1)C(=O)C1CC(C)=C(C)CC21c1ccccc1. The molecule has 1 nitrogen and oxygen atoms in total. The second kappa shape index (κ2) is 5.31. The lowest BCUT2D eigenvalue weighted by atomic mass is 9.59. The standard InChI is InChI=1S/C23H26O/c1-14-10-19-20(11-15(14)2)23(18-8-6-5-7-9-18)13-17(4)16(3)12-21(23)22(19)24/h5-9,21H,10-13H2,1-4H3. The number of benzene rings is 1. The summed E-state index contributed by atoms with van der Waals surface area (Å²) in [5.41, 5.74) is 9.55. The van der Waals surface area contributed by atoms with Crippen LogP contribution in [0, 0.1) is 5.92 Å². The first-order valence-electron chi connectivity index (χ1n) is 9.08. The van der Waals surface area contributed by atoms with Crippen molar-refractivity contribution in [2.24, 2.45) is 5.92 Å². The molecular weight excluding hydrogens is 292 g/mol. The fourth-order valence-corrected chi connectivity index (χ4v) is 5.11. The summed E-state index contributed by atoms with van der Waals surface area (Å²) < 4.78 is 0. The van der Waals surface area contributed by atoms with E-state index in [1.54, 1.807) is 0 Å². The van der Waals surface area contributed by atoms with Gasteiger partial charge in [-0.05, 0) is 70.1 Å². The van der Waals surface area contributed by atoms with Crippen LogP contribution in [0.15, 0.2) is 63.8 Å². The molecule has 1 heteroatoms. The van der Waals surface area contributed by atoms with E-state index in [1.807, 2.05) is 0 Å². The molecule has 2 unspecified atom stereocenters. The van der Waals surface area contributed by atoms with E-state index in [1.165, 1.54) is 33.4 Å². The summed E-state index contributed by atoms with van der Waals surface area (Å²) >= 11 is 0. The number of hydrogen-bond acceptors (Lipinski definition) is 1. The first kappa shape index (κ1) is 15.6. The Morgan fingerprint density at radius 1 is 0.875 bits per heavy atom. The van der Waals surface area contributed by atoms with Crippen molar-refractivity contribution in [2.45, 2.75) is 58.8 Å². The summed E-state index contributed by atoms with van der Waals surface area (Å²) in [6.45, 7) is 8.91. The Balaban J connectivity index is 1.95. The van der Waals surface area contributed by atoms with Crippen molar-refractivity contribution < 1.29 is 4.79 Å². The highest BCUT2D eigenvalue weighted by molar-refractivity contribution is 6.04. The van der Waals surface area contributed by atoms with Crippen LogP contribution in [0.4, 0.5) is 0 Å². The van der Waals surface area contributed by atoms with Crippen LogP contribution in [0.3, 0.4) is 0 Å². The normalized spacial score (nSPS) is 30.0. The minimum atomic E-state index is -0.0980. The first-order chi connectivity index (χ1) is 11.4. The van der Waals surface area contributed by atoms with Crippen molar-refractivity contribution in [2.75, 3.05) is 0 Å². The molecule has 1 aromatic carbocycles. The molecule has 0 bridgehead atoms. The molecule has 4 rings (SSSR count). The van der Waals surface area contributed by atoms with Crippen molar-refractivity contribution in [3.63, 3.8) is 0 Å². The molecule has 0 heterocycles. The van der Waals surface area contributed by atoms with Gasteiger partial charge in [-0.3, -0.25) is 4.79 Å². The third-order valence-corrected chi connectivity index (χ3v) is 6.80. The topological polar surface area (TPSA) is 17.1 Å². The second-order valence-electron chi connectivity index (χ2n) is 8.07. The Labute approximate surface area is 145 Å². The van der Waals surface area contributed by atoms with Crippen molar-refractivity contribution in [3.8, 4) is 0 Å². The molecule has 0 amide bonds. The minimum Gasteiger partial charge on any atom is -0.294 e. The molecule has 3 aliphatic carbocycles. The van der Waals surface area contributed by atoms with Gasteiger partial charge >= 0.3 is 0 Å². The highest BCUT2D eigenvalue weighted by atomic mass is 16.1. The van der Waals surface area contributed by atoms with Crippen LogP contribution >= 0.6 is 0 Å². The Kier molecular flexibility index (Phi) is 3.46. The van der Waals surface area contributed by atoms with Gasteiger partial charge in [-0.2, -0.15) is 0 Å². The Morgan fingerprint density at radius 3 is 2.25 bits per heavy atom. The van der Waals surface area contributed by atoms with E-state index < -0.39 is 0 Å². The number of carbonyl (C=O) groups is 1. The fraction of sp³-hybridized carbons (Fsp3) is 0.435. The summed E-state index contributed by atoms with van der Waals surface area (Å²) in [4.78, 5) is 13.4. The molecule has 0 radical (unpaired) electrons. The number of rotatable bonds is 1. The molecule has 1 aromatic rings. The Bertz CT molecular complexity index is 819. The highest BCUT2D eigenvalue weighted by Crippen LogP contribution is 2.59.